The highest BCUT2D eigenvalue weighted by Crippen LogP contribution is 2.20. The maximum atomic E-state index is 12.4. The molecule has 0 spiro atoms. The van der Waals surface area contributed by atoms with E-state index < -0.39 is 5.91 Å². The lowest BCUT2D eigenvalue weighted by molar-refractivity contribution is -0.112. The minimum atomic E-state index is -0.553. The zero-order valence-electron chi connectivity index (χ0n) is 14.0. The van der Waals surface area contributed by atoms with Crippen LogP contribution in [0.15, 0.2) is 34.3 Å². The first-order valence-electron chi connectivity index (χ1n) is 7.55. The number of hydrogen-bond acceptors (Lipinski definition) is 5. The van der Waals surface area contributed by atoms with E-state index in [1.165, 1.54) is 6.08 Å². The Hall–Kier alpha value is -3.62. The molecule has 3 aromatic rings. The minimum Gasteiger partial charge on any atom is -0.429 e. The summed E-state index contributed by atoms with van der Waals surface area (Å²) in [6, 6.07) is 10.6. The molecule has 0 saturated carbocycles. The molecule has 0 aliphatic carbocycles. The summed E-state index contributed by atoms with van der Waals surface area (Å²) >= 11 is 4.93. The molecule has 0 radical (unpaired) electrons. The average Bonchev–Trinajstić information content (AvgIpc) is 3.12. The van der Waals surface area contributed by atoms with Crippen molar-refractivity contribution in [1.29, 1.82) is 10.5 Å². The maximum Gasteiger partial charge on any atom is 0.266 e. The van der Waals surface area contributed by atoms with Crippen molar-refractivity contribution in [3.8, 4) is 12.1 Å². The number of carbonyl (C=O) groups is 1. The number of nitrogens with one attached hydrogen (secondary N) is 2. The molecule has 0 aliphatic heterocycles. The number of carbonyl (C=O) groups excluding carboxylic acids is 1. The van der Waals surface area contributed by atoms with Crippen LogP contribution in [0.1, 0.15) is 17.0 Å². The molecule has 0 bridgehead atoms. The summed E-state index contributed by atoms with van der Waals surface area (Å²) in [5.41, 5.74) is 3.50. The van der Waals surface area contributed by atoms with Crippen molar-refractivity contribution in [2.75, 3.05) is 5.32 Å². The molecule has 26 heavy (non-hydrogen) atoms. The van der Waals surface area contributed by atoms with E-state index in [0.29, 0.717) is 28.0 Å². The molecule has 2 heterocycles. The molecule has 7 nitrogen and oxygen atoms in total. The number of H-pyrrole nitrogens is 1. The van der Waals surface area contributed by atoms with Crippen molar-refractivity contribution in [2.45, 2.75) is 6.92 Å². The Morgan fingerprint density at radius 3 is 2.81 bits per heavy atom. The van der Waals surface area contributed by atoms with Gasteiger partial charge in [-0.25, -0.2) is 0 Å². The van der Waals surface area contributed by atoms with Gasteiger partial charge >= 0.3 is 0 Å². The van der Waals surface area contributed by atoms with Crippen molar-refractivity contribution >= 4 is 41.0 Å². The molecule has 0 saturated heterocycles. The molecular weight excluding hydrogens is 350 g/mol. The molecule has 1 amide bonds. The van der Waals surface area contributed by atoms with Gasteiger partial charge in [0.25, 0.3) is 10.7 Å². The number of rotatable bonds is 3. The molecule has 0 aliphatic rings. The monoisotopic (exact) mass is 363 g/mol. The Morgan fingerprint density at radius 1 is 1.38 bits per heavy atom. The number of aromatic nitrogens is 2. The smallest absolute Gasteiger partial charge is 0.266 e. The quantitative estimate of drug-likeness (QED) is 0.420. The zero-order chi connectivity index (χ0) is 18.8. The van der Waals surface area contributed by atoms with Gasteiger partial charge in [-0.15, -0.1) is 0 Å². The van der Waals surface area contributed by atoms with Crippen molar-refractivity contribution < 1.29 is 9.21 Å². The van der Waals surface area contributed by atoms with Crippen LogP contribution in [0.3, 0.4) is 0 Å². The highest BCUT2D eigenvalue weighted by molar-refractivity contribution is 7.71. The molecule has 1 aromatic carbocycles. The van der Waals surface area contributed by atoms with Gasteiger partial charge in [-0.1, -0.05) is 0 Å². The number of hydrogen-bond donors (Lipinski definition) is 2. The van der Waals surface area contributed by atoms with Gasteiger partial charge in [0.1, 0.15) is 23.4 Å². The van der Waals surface area contributed by atoms with Crippen molar-refractivity contribution in [3.63, 3.8) is 0 Å². The second kappa shape index (κ2) is 6.71. The first kappa shape index (κ1) is 17.2. The van der Waals surface area contributed by atoms with Crippen LogP contribution in [-0.2, 0) is 11.8 Å². The predicted octanol–water partition coefficient (Wildman–Crippen LogP) is 3.55. The number of nitriles is 2. The van der Waals surface area contributed by atoms with E-state index in [4.69, 9.17) is 21.9 Å². The van der Waals surface area contributed by atoms with Crippen molar-refractivity contribution in [3.05, 3.63) is 51.6 Å². The molecule has 0 atom stereocenters. The summed E-state index contributed by atoms with van der Waals surface area (Å²) < 4.78 is 7.01. The number of aromatic amines is 1. The number of anilines is 1. The Bertz CT molecular complexity index is 1200. The second-order valence-electron chi connectivity index (χ2n) is 5.59. The van der Waals surface area contributed by atoms with Gasteiger partial charge in [0, 0.05) is 24.5 Å². The third-order valence-electron chi connectivity index (χ3n) is 4.03. The van der Waals surface area contributed by atoms with Crippen LogP contribution in [0.5, 0.6) is 0 Å². The van der Waals surface area contributed by atoms with Crippen LogP contribution in [0, 0.1) is 34.4 Å². The Balaban J connectivity index is 1.90. The predicted molar refractivity (Wildman–Crippen MR) is 98.5 cm³/mol. The average molecular weight is 363 g/mol. The fourth-order valence-corrected chi connectivity index (χ4v) is 2.70. The van der Waals surface area contributed by atoms with Crippen LogP contribution in [-0.4, -0.2) is 15.5 Å². The summed E-state index contributed by atoms with van der Waals surface area (Å²) in [4.78, 5) is 15.5. The topological polar surface area (TPSA) is 111 Å². The van der Waals surface area contributed by atoms with Crippen LogP contribution in [0.25, 0.3) is 17.2 Å². The second-order valence-corrected chi connectivity index (χ2v) is 5.96. The third kappa shape index (κ3) is 3.14. The molecule has 128 valence electrons. The number of fused-ring (bicyclic) bond motifs is 1. The molecule has 8 heteroatoms. The highest BCUT2D eigenvalue weighted by atomic mass is 32.1. The normalized spacial score (nSPS) is 11.2. The van der Waals surface area contributed by atoms with Gasteiger partial charge in [-0.3, -0.25) is 4.79 Å². The molecule has 3 rings (SSSR count). The van der Waals surface area contributed by atoms with Crippen molar-refractivity contribution in [2.24, 2.45) is 7.05 Å². The lowest BCUT2D eigenvalue weighted by Gasteiger charge is -2.04. The van der Waals surface area contributed by atoms with Gasteiger partial charge in [-0.05, 0) is 49.0 Å². The lowest BCUT2D eigenvalue weighted by Crippen LogP contribution is -2.13. The summed E-state index contributed by atoms with van der Waals surface area (Å²) in [6.07, 6.45) is 1.46. The largest absolute Gasteiger partial charge is 0.429 e. The van der Waals surface area contributed by atoms with Crippen molar-refractivity contribution in [1.82, 2.24) is 9.55 Å². The first-order valence-corrected chi connectivity index (χ1v) is 7.96. The van der Waals surface area contributed by atoms with Gasteiger partial charge < -0.3 is 19.3 Å². The number of nitrogens with zero attached hydrogens (tertiary/aromatic N) is 3. The first-order chi connectivity index (χ1) is 12.4. The third-order valence-corrected chi connectivity index (χ3v) is 4.22. The van der Waals surface area contributed by atoms with E-state index in [9.17, 15) is 10.1 Å². The summed E-state index contributed by atoms with van der Waals surface area (Å²) in [7, 11) is 1.75. The van der Waals surface area contributed by atoms with Gasteiger partial charge in [-0.2, -0.15) is 10.5 Å². The van der Waals surface area contributed by atoms with E-state index in [1.807, 2.05) is 13.0 Å². The summed E-state index contributed by atoms with van der Waals surface area (Å²) in [5.74, 6) is -0.553. The zero-order valence-corrected chi connectivity index (χ0v) is 14.8. The van der Waals surface area contributed by atoms with Gasteiger partial charge in [0.15, 0.2) is 5.58 Å². The van der Waals surface area contributed by atoms with E-state index in [2.05, 4.69) is 16.4 Å². The minimum absolute atomic E-state index is 0.0711. The van der Waals surface area contributed by atoms with Gasteiger partial charge in [0.05, 0.1) is 5.52 Å². The Morgan fingerprint density at radius 2 is 2.15 bits per heavy atom. The van der Waals surface area contributed by atoms with Gasteiger partial charge in [0.2, 0.25) is 0 Å². The highest BCUT2D eigenvalue weighted by Gasteiger charge is 2.13. The summed E-state index contributed by atoms with van der Waals surface area (Å²) in [5, 5.41) is 21.1. The lowest BCUT2D eigenvalue weighted by atomic mass is 10.1. The van der Waals surface area contributed by atoms with E-state index in [-0.39, 0.29) is 10.4 Å². The van der Waals surface area contributed by atoms with Crippen LogP contribution >= 0.6 is 12.2 Å². The molecule has 2 aromatic heterocycles. The molecule has 0 unspecified atom stereocenters. The molecule has 0 fully saturated rings. The van der Waals surface area contributed by atoms with E-state index in [1.54, 1.807) is 35.9 Å². The van der Waals surface area contributed by atoms with E-state index in [0.717, 1.165) is 5.69 Å². The van der Waals surface area contributed by atoms with Crippen LogP contribution in [0.2, 0.25) is 0 Å². The van der Waals surface area contributed by atoms with E-state index >= 15 is 0 Å². The molecular formula is C18H13N5O2S. The maximum absolute atomic E-state index is 12.4. The SMILES string of the molecule is Cc1c(/C=C(\C#N)C(=O)Nc2ccc3[nH]c(=S)oc3c2)cc(C#N)n1C. The Kier molecular flexibility index (Phi) is 4.44. The number of oxazole rings is 1. The fourth-order valence-electron chi connectivity index (χ4n) is 2.50. The number of amides is 1. The van der Waals surface area contributed by atoms with Crippen LogP contribution in [0.4, 0.5) is 5.69 Å². The molecule has 2 N–H and O–H groups in total. The van der Waals surface area contributed by atoms with Crippen LogP contribution < -0.4 is 5.32 Å². The summed E-state index contributed by atoms with van der Waals surface area (Å²) in [6.45, 7) is 1.81. The number of benzene rings is 1. The Labute approximate surface area is 153 Å². The fraction of sp³-hybridized carbons (Fsp3) is 0.111. The standard InChI is InChI=1S/C18H13N5O2S/c1-10-11(6-14(9-20)23(10)2)5-12(8-19)17(24)21-13-3-4-15-16(7-13)25-18(26)22-15/h3-7H,1-2H3,(H,21,24)(H,22,26)/b12-5+.